The molecule has 0 amide bonds. The number of aromatic nitrogens is 4. The van der Waals surface area contributed by atoms with Crippen LogP contribution in [0.4, 0.5) is 5.95 Å². The average Bonchev–Trinajstić information content (AvgIpc) is 3.39. The molecule has 0 saturated carbocycles. The van der Waals surface area contributed by atoms with E-state index in [-0.39, 0.29) is 0 Å². The summed E-state index contributed by atoms with van der Waals surface area (Å²) in [5.41, 5.74) is 2.12. The van der Waals surface area contributed by atoms with E-state index in [0.29, 0.717) is 0 Å². The molecule has 1 aromatic carbocycles. The molecule has 0 unspecified atom stereocenters. The van der Waals surface area contributed by atoms with E-state index in [2.05, 4.69) is 38.0 Å². The van der Waals surface area contributed by atoms with Gasteiger partial charge in [0.25, 0.3) is 0 Å². The van der Waals surface area contributed by atoms with E-state index in [4.69, 9.17) is 14.5 Å². The number of hydrogen-bond acceptors (Lipinski definition) is 8. The van der Waals surface area contributed by atoms with Crippen LogP contribution in [0.1, 0.15) is 12.6 Å². The highest BCUT2D eigenvalue weighted by atomic mass is 32.2. The molecule has 0 N–H and O–H groups in total. The number of thiazole rings is 1. The summed E-state index contributed by atoms with van der Waals surface area (Å²) in [6.45, 7) is 6.17. The quantitative estimate of drug-likeness (QED) is 0.545. The lowest BCUT2D eigenvalue weighted by atomic mass is 10.2. The van der Waals surface area contributed by atoms with Crippen molar-refractivity contribution in [2.24, 2.45) is 0 Å². The molecule has 0 radical (unpaired) electrons. The molecule has 3 heterocycles. The number of ether oxygens (including phenoxy) is 2. The smallest absolute Gasteiger partial charge is 0.228 e. The van der Waals surface area contributed by atoms with E-state index in [1.165, 1.54) is 0 Å². The van der Waals surface area contributed by atoms with Gasteiger partial charge < -0.3 is 14.4 Å². The number of anilines is 1. The fourth-order valence-electron chi connectivity index (χ4n) is 3.06. The lowest BCUT2D eigenvalue weighted by Crippen LogP contribution is -2.38. The van der Waals surface area contributed by atoms with E-state index in [1.807, 2.05) is 18.2 Å². The van der Waals surface area contributed by atoms with E-state index in [0.717, 1.165) is 71.7 Å². The molecule has 7 nitrogen and oxygen atoms in total. The number of benzene rings is 1. The number of methoxy groups -OCH3 is 1. The molecule has 2 aromatic heterocycles. The zero-order chi connectivity index (χ0) is 19.3. The van der Waals surface area contributed by atoms with Gasteiger partial charge in [0.15, 0.2) is 5.16 Å². The second-order valence-electron chi connectivity index (χ2n) is 6.29. The van der Waals surface area contributed by atoms with Gasteiger partial charge in [0, 0.05) is 36.3 Å². The van der Waals surface area contributed by atoms with Crippen molar-refractivity contribution in [3.05, 3.63) is 35.3 Å². The maximum Gasteiger partial charge on any atom is 0.228 e. The van der Waals surface area contributed by atoms with Gasteiger partial charge in [-0.15, -0.1) is 21.5 Å². The summed E-state index contributed by atoms with van der Waals surface area (Å²) < 4.78 is 12.9. The van der Waals surface area contributed by atoms with Gasteiger partial charge in [-0.25, -0.2) is 4.98 Å². The predicted octanol–water partition coefficient (Wildman–Crippen LogP) is 3.56. The normalized spacial score (nSPS) is 14.4. The molecule has 1 aliphatic rings. The lowest BCUT2D eigenvalue weighted by molar-refractivity contribution is 0.121. The highest BCUT2D eigenvalue weighted by Crippen LogP contribution is 2.30. The summed E-state index contributed by atoms with van der Waals surface area (Å²) in [4.78, 5) is 7.02. The van der Waals surface area contributed by atoms with Crippen LogP contribution in [0.2, 0.25) is 0 Å². The number of thioether (sulfide) groups is 1. The minimum atomic E-state index is 0.741. The highest BCUT2D eigenvalue weighted by molar-refractivity contribution is 7.98. The van der Waals surface area contributed by atoms with Crippen LogP contribution >= 0.6 is 23.1 Å². The van der Waals surface area contributed by atoms with Crippen LogP contribution in [0.3, 0.4) is 0 Å². The van der Waals surface area contributed by atoms with Crippen molar-refractivity contribution in [3.63, 3.8) is 0 Å². The largest absolute Gasteiger partial charge is 0.497 e. The maximum atomic E-state index is 5.44. The third-order valence-corrected chi connectivity index (χ3v) is 6.47. The molecule has 0 atom stereocenters. The van der Waals surface area contributed by atoms with Crippen molar-refractivity contribution >= 4 is 29.0 Å². The minimum absolute atomic E-state index is 0.741. The zero-order valence-corrected chi connectivity index (χ0v) is 17.6. The summed E-state index contributed by atoms with van der Waals surface area (Å²) >= 11 is 3.33. The summed E-state index contributed by atoms with van der Waals surface area (Å²) in [5, 5.41) is 12.9. The van der Waals surface area contributed by atoms with Gasteiger partial charge in [0.1, 0.15) is 10.8 Å². The molecule has 148 valence electrons. The number of hydrogen-bond donors (Lipinski definition) is 0. The lowest BCUT2D eigenvalue weighted by Gasteiger charge is -2.27. The molecule has 1 fully saturated rings. The van der Waals surface area contributed by atoms with Crippen LogP contribution in [0.5, 0.6) is 5.75 Å². The molecular formula is C19H23N5O2S2. The standard InChI is InChI=1S/C19H23N5O2S2/c1-3-24-18(23-7-9-26-10-8-23)21-22-19(24)28-13-15-12-27-17(20-15)14-5-4-6-16(11-14)25-2/h4-6,11-12H,3,7-10,13H2,1-2H3. The third-order valence-electron chi connectivity index (χ3n) is 4.53. The summed E-state index contributed by atoms with van der Waals surface area (Å²) in [5.74, 6) is 2.54. The first-order valence-electron chi connectivity index (χ1n) is 9.26. The Bertz CT molecular complexity index is 921. The topological polar surface area (TPSA) is 65.3 Å². The molecule has 0 spiro atoms. The fourth-order valence-corrected chi connectivity index (χ4v) is 4.87. The van der Waals surface area contributed by atoms with Crippen molar-refractivity contribution in [1.29, 1.82) is 0 Å². The van der Waals surface area contributed by atoms with E-state index < -0.39 is 0 Å². The summed E-state index contributed by atoms with van der Waals surface area (Å²) in [6, 6.07) is 8.00. The van der Waals surface area contributed by atoms with Crippen molar-refractivity contribution < 1.29 is 9.47 Å². The number of morpholine rings is 1. The van der Waals surface area contributed by atoms with E-state index in [9.17, 15) is 0 Å². The first-order valence-corrected chi connectivity index (χ1v) is 11.1. The second kappa shape index (κ2) is 8.93. The van der Waals surface area contributed by atoms with Gasteiger partial charge in [0.2, 0.25) is 5.95 Å². The second-order valence-corrected chi connectivity index (χ2v) is 8.09. The minimum Gasteiger partial charge on any atom is -0.497 e. The van der Waals surface area contributed by atoms with Crippen LogP contribution in [0, 0.1) is 0 Å². The Morgan fingerprint density at radius 1 is 1.25 bits per heavy atom. The van der Waals surface area contributed by atoms with Gasteiger partial charge in [-0.05, 0) is 19.1 Å². The highest BCUT2D eigenvalue weighted by Gasteiger charge is 2.20. The van der Waals surface area contributed by atoms with Crippen LogP contribution in [-0.4, -0.2) is 53.2 Å². The van der Waals surface area contributed by atoms with Gasteiger partial charge in [-0.3, -0.25) is 4.57 Å². The molecule has 4 rings (SSSR count). The van der Waals surface area contributed by atoms with Crippen LogP contribution in [0.25, 0.3) is 10.6 Å². The Hall–Kier alpha value is -2.10. The fraction of sp³-hybridized carbons (Fsp3) is 0.421. The third kappa shape index (κ3) is 4.16. The molecule has 9 heteroatoms. The molecule has 3 aromatic rings. The van der Waals surface area contributed by atoms with Crippen molar-refractivity contribution in [1.82, 2.24) is 19.7 Å². The Labute approximate surface area is 172 Å². The van der Waals surface area contributed by atoms with Crippen molar-refractivity contribution in [2.75, 3.05) is 38.3 Å². The van der Waals surface area contributed by atoms with Crippen LogP contribution in [-0.2, 0) is 17.0 Å². The predicted molar refractivity (Wildman–Crippen MR) is 112 cm³/mol. The number of nitrogens with zero attached hydrogens (tertiary/aromatic N) is 5. The average molecular weight is 418 g/mol. The molecular weight excluding hydrogens is 394 g/mol. The maximum absolute atomic E-state index is 5.44. The SMILES string of the molecule is CCn1c(SCc2csc(-c3cccc(OC)c3)n2)nnc1N1CCOCC1. The van der Waals surface area contributed by atoms with Gasteiger partial charge in [0.05, 0.1) is 26.0 Å². The molecule has 1 saturated heterocycles. The van der Waals surface area contributed by atoms with Gasteiger partial charge in [-0.2, -0.15) is 0 Å². The van der Waals surface area contributed by atoms with Gasteiger partial charge >= 0.3 is 0 Å². The molecule has 28 heavy (non-hydrogen) atoms. The Kier molecular flexibility index (Phi) is 6.13. The Balaban J connectivity index is 1.45. The molecule has 0 bridgehead atoms. The van der Waals surface area contributed by atoms with Crippen LogP contribution < -0.4 is 9.64 Å². The number of rotatable bonds is 7. The van der Waals surface area contributed by atoms with Crippen molar-refractivity contribution in [3.8, 4) is 16.3 Å². The van der Waals surface area contributed by atoms with Crippen LogP contribution in [0.15, 0.2) is 34.8 Å². The monoisotopic (exact) mass is 417 g/mol. The molecule has 0 aliphatic carbocycles. The first-order chi connectivity index (χ1) is 13.8. The van der Waals surface area contributed by atoms with E-state index in [1.54, 1.807) is 30.2 Å². The summed E-state index contributed by atoms with van der Waals surface area (Å²) in [7, 11) is 1.68. The summed E-state index contributed by atoms with van der Waals surface area (Å²) in [6.07, 6.45) is 0. The Morgan fingerprint density at radius 2 is 2.11 bits per heavy atom. The van der Waals surface area contributed by atoms with E-state index >= 15 is 0 Å². The molecule has 1 aliphatic heterocycles. The zero-order valence-electron chi connectivity index (χ0n) is 16.0. The van der Waals surface area contributed by atoms with Gasteiger partial charge in [-0.1, -0.05) is 23.9 Å². The first kappa shape index (κ1) is 19.2. The Morgan fingerprint density at radius 3 is 2.89 bits per heavy atom. The van der Waals surface area contributed by atoms with Crippen molar-refractivity contribution in [2.45, 2.75) is 24.4 Å².